The van der Waals surface area contributed by atoms with E-state index in [1.807, 2.05) is 30.9 Å². The number of fused-ring (bicyclic) bond motifs is 1. The maximum Gasteiger partial charge on any atom is 0.261 e. The number of benzene rings is 1. The highest BCUT2D eigenvalue weighted by molar-refractivity contribution is 5.81. The summed E-state index contributed by atoms with van der Waals surface area (Å²) in [5.74, 6) is 0.503. The predicted molar refractivity (Wildman–Crippen MR) is 96.5 cm³/mol. The standard InChI is InChI=1S/C19H25N3O3/c1-3-25-12-15-7-9-21(10-8-15)17(23)11-22-13-20-18-14(2)5-4-6-16(18)19(22)24/h4-6,13,15H,3,7-12H2,1-2H3. The van der Waals surface area contributed by atoms with Gasteiger partial charge in [0.05, 0.1) is 17.2 Å². The number of hydrogen-bond acceptors (Lipinski definition) is 4. The van der Waals surface area contributed by atoms with Gasteiger partial charge in [0.1, 0.15) is 6.54 Å². The second-order valence-corrected chi connectivity index (χ2v) is 6.63. The van der Waals surface area contributed by atoms with Crippen molar-refractivity contribution < 1.29 is 9.53 Å². The topological polar surface area (TPSA) is 64.4 Å². The molecule has 25 heavy (non-hydrogen) atoms. The molecule has 0 bridgehead atoms. The first-order valence-electron chi connectivity index (χ1n) is 8.90. The van der Waals surface area contributed by atoms with Crippen LogP contribution in [0.1, 0.15) is 25.3 Å². The molecule has 1 aliphatic heterocycles. The third-order valence-corrected chi connectivity index (χ3v) is 4.89. The largest absolute Gasteiger partial charge is 0.381 e. The molecular weight excluding hydrogens is 318 g/mol. The Balaban J connectivity index is 1.67. The normalized spacial score (nSPS) is 15.7. The molecule has 1 aliphatic rings. The predicted octanol–water partition coefficient (Wildman–Crippen LogP) is 1.98. The third kappa shape index (κ3) is 3.90. The van der Waals surface area contributed by atoms with Crippen LogP contribution in [-0.4, -0.2) is 46.7 Å². The maximum absolute atomic E-state index is 12.6. The van der Waals surface area contributed by atoms with Crippen molar-refractivity contribution >= 4 is 16.8 Å². The van der Waals surface area contributed by atoms with Gasteiger partial charge in [-0.3, -0.25) is 14.2 Å². The van der Waals surface area contributed by atoms with Gasteiger partial charge in [-0.2, -0.15) is 0 Å². The summed E-state index contributed by atoms with van der Waals surface area (Å²) in [6.45, 7) is 6.93. The fourth-order valence-electron chi connectivity index (χ4n) is 3.33. The van der Waals surface area contributed by atoms with Gasteiger partial charge in [-0.15, -0.1) is 0 Å². The smallest absolute Gasteiger partial charge is 0.261 e. The number of carbonyl (C=O) groups excluding carboxylic acids is 1. The van der Waals surface area contributed by atoms with Crippen LogP contribution in [0, 0.1) is 12.8 Å². The van der Waals surface area contributed by atoms with Gasteiger partial charge in [0.25, 0.3) is 5.56 Å². The summed E-state index contributed by atoms with van der Waals surface area (Å²) in [4.78, 5) is 31.4. The molecule has 0 aliphatic carbocycles. The number of hydrogen-bond donors (Lipinski definition) is 0. The lowest BCUT2D eigenvalue weighted by Gasteiger charge is -2.32. The number of aryl methyl sites for hydroxylation is 1. The van der Waals surface area contributed by atoms with E-state index in [0.717, 1.165) is 44.7 Å². The Bertz CT molecular complexity index is 807. The zero-order valence-electron chi connectivity index (χ0n) is 14.9. The molecule has 1 aromatic heterocycles. The first kappa shape index (κ1) is 17.6. The fraction of sp³-hybridized carbons (Fsp3) is 0.526. The number of ether oxygens (including phenoxy) is 1. The molecule has 1 fully saturated rings. The van der Waals surface area contributed by atoms with Crippen molar-refractivity contribution in [2.24, 2.45) is 5.92 Å². The van der Waals surface area contributed by atoms with Gasteiger partial charge >= 0.3 is 0 Å². The molecule has 0 unspecified atom stereocenters. The van der Waals surface area contributed by atoms with Gasteiger partial charge in [-0.1, -0.05) is 12.1 Å². The van der Waals surface area contributed by atoms with Gasteiger partial charge in [-0.05, 0) is 44.2 Å². The number of para-hydroxylation sites is 1. The number of amides is 1. The van der Waals surface area contributed by atoms with E-state index in [1.54, 1.807) is 6.07 Å². The highest BCUT2D eigenvalue weighted by Gasteiger charge is 2.23. The van der Waals surface area contributed by atoms with Crippen molar-refractivity contribution in [3.05, 3.63) is 40.4 Å². The molecule has 2 aromatic rings. The Labute approximate surface area is 147 Å². The van der Waals surface area contributed by atoms with Crippen LogP contribution in [0.25, 0.3) is 10.9 Å². The van der Waals surface area contributed by atoms with E-state index in [4.69, 9.17) is 4.74 Å². The second kappa shape index (κ2) is 7.78. The Kier molecular flexibility index (Phi) is 5.48. The highest BCUT2D eigenvalue weighted by atomic mass is 16.5. The summed E-state index contributed by atoms with van der Waals surface area (Å²) < 4.78 is 6.89. The first-order chi connectivity index (χ1) is 12.1. The average molecular weight is 343 g/mol. The Morgan fingerprint density at radius 3 is 2.80 bits per heavy atom. The van der Waals surface area contributed by atoms with Gasteiger partial charge in [0.2, 0.25) is 5.91 Å². The molecular formula is C19H25N3O3. The maximum atomic E-state index is 12.6. The summed E-state index contributed by atoms with van der Waals surface area (Å²) in [5.41, 5.74) is 1.51. The monoisotopic (exact) mass is 343 g/mol. The Morgan fingerprint density at radius 2 is 2.08 bits per heavy atom. The molecule has 134 valence electrons. The van der Waals surface area contributed by atoms with E-state index in [9.17, 15) is 9.59 Å². The lowest BCUT2D eigenvalue weighted by atomic mass is 9.98. The Morgan fingerprint density at radius 1 is 1.32 bits per heavy atom. The van der Waals surface area contributed by atoms with E-state index < -0.39 is 0 Å². The number of carbonyl (C=O) groups is 1. The summed E-state index contributed by atoms with van der Waals surface area (Å²) in [5, 5.41) is 0.561. The van der Waals surface area contributed by atoms with Gasteiger partial charge in [0.15, 0.2) is 0 Å². The summed E-state index contributed by atoms with van der Waals surface area (Å²) in [7, 11) is 0. The van der Waals surface area contributed by atoms with E-state index in [0.29, 0.717) is 16.8 Å². The molecule has 0 N–H and O–H groups in total. The van der Waals surface area contributed by atoms with Crippen LogP contribution in [0.4, 0.5) is 0 Å². The SMILES string of the molecule is CCOCC1CCN(C(=O)Cn2cnc3c(C)cccc3c2=O)CC1. The molecule has 1 amide bonds. The number of rotatable bonds is 5. The molecule has 2 heterocycles. The first-order valence-corrected chi connectivity index (χ1v) is 8.90. The zero-order chi connectivity index (χ0) is 17.8. The van der Waals surface area contributed by atoms with Crippen LogP contribution < -0.4 is 5.56 Å². The van der Waals surface area contributed by atoms with Crippen LogP contribution in [0.5, 0.6) is 0 Å². The Hall–Kier alpha value is -2.21. The van der Waals surface area contributed by atoms with E-state index >= 15 is 0 Å². The lowest BCUT2D eigenvalue weighted by Crippen LogP contribution is -2.42. The summed E-state index contributed by atoms with van der Waals surface area (Å²) >= 11 is 0. The molecule has 1 aromatic carbocycles. The van der Waals surface area contributed by atoms with E-state index in [1.165, 1.54) is 10.9 Å². The van der Waals surface area contributed by atoms with Crippen LogP contribution in [0.15, 0.2) is 29.3 Å². The quantitative estimate of drug-likeness (QED) is 0.833. The third-order valence-electron chi connectivity index (χ3n) is 4.89. The van der Waals surface area contributed by atoms with Crippen LogP contribution in [0.3, 0.4) is 0 Å². The van der Waals surface area contributed by atoms with Crippen molar-refractivity contribution in [3.63, 3.8) is 0 Å². The summed E-state index contributed by atoms with van der Waals surface area (Å²) in [6.07, 6.45) is 3.39. The molecule has 3 rings (SSSR count). The molecule has 1 saturated heterocycles. The number of likely N-dealkylation sites (tertiary alicyclic amines) is 1. The number of piperidine rings is 1. The van der Waals surface area contributed by atoms with Crippen LogP contribution >= 0.6 is 0 Å². The molecule has 0 atom stereocenters. The minimum Gasteiger partial charge on any atom is -0.381 e. The minimum atomic E-state index is -0.159. The van der Waals surface area contributed by atoms with Crippen molar-refractivity contribution in [2.75, 3.05) is 26.3 Å². The van der Waals surface area contributed by atoms with Crippen LogP contribution in [-0.2, 0) is 16.1 Å². The fourth-order valence-corrected chi connectivity index (χ4v) is 3.33. The summed E-state index contributed by atoms with van der Waals surface area (Å²) in [6, 6.07) is 5.53. The zero-order valence-corrected chi connectivity index (χ0v) is 14.9. The van der Waals surface area contributed by atoms with Crippen molar-refractivity contribution in [1.29, 1.82) is 0 Å². The van der Waals surface area contributed by atoms with Gasteiger partial charge < -0.3 is 9.64 Å². The van der Waals surface area contributed by atoms with E-state index in [-0.39, 0.29) is 18.0 Å². The second-order valence-electron chi connectivity index (χ2n) is 6.63. The molecule has 0 spiro atoms. The van der Waals surface area contributed by atoms with Gasteiger partial charge in [-0.25, -0.2) is 4.98 Å². The minimum absolute atomic E-state index is 0.0224. The average Bonchev–Trinajstić information content (AvgIpc) is 2.63. The van der Waals surface area contributed by atoms with Crippen LogP contribution in [0.2, 0.25) is 0 Å². The molecule has 6 nitrogen and oxygen atoms in total. The molecule has 6 heteroatoms. The van der Waals surface area contributed by atoms with E-state index in [2.05, 4.69) is 4.98 Å². The number of nitrogens with zero attached hydrogens (tertiary/aromatic N) is 3. The van der Waals surface area contributed by atoms with Gasteiger partial charge in [0, 0.05) is 26.3 Å². The lowest BCUT2D eigenvalue weighted by molar-refractivity contribution is -0.133. The van der Waals surface area contributed by atoms with Crippen molar-refractivity contribution in [3.8, 4) is 0 Å². The van der Waals surface area contributed by atoms with Crippen molar-refractivity contribution in [1.82, 2.24) is 14.5 Å². The van der Waals surface area contributed by atoms with Crippen molar-refractivity contribution in [2.45, 2.75) is 33.2 Å². The highest BCUT2D eigenvalue weighted by Crippen LogP contribution is 2.18. The number of aromatic nitrogens is 2. The molecule has 0 radical (unpaired) electrons. The molecule has 0 saturated carbocycles.